The molecular weight excluding hydrogens is 589 g/mol. The molecule has 0 spiro atoms. The van der Waals surface area contributed by atoms with E-state index in [9.17, 15) is 0 Å². The lowest BCUT2D eigenvalue weighted by atomic mass is 9.91. The molecule has 2 aromatic carbocycles. The van der Waals surface area contributed by atoms with Crippen LogP contribution in [0.3, 0.4) is 0 Å². The third-order valence-electron chi connectivity index (χ3n) is 6.20. The molecule has 232 valence electrons. The molecule has 0 amide bonds. The molecule has 6 heteroatoms. The van der Waals surface area contributed by atoms with Crippen LogP contribution >= 0.6 is 47.0 Å². The van der Waals surface area contributed by atoms with E-state index in [1.165, 1.54) is 43.6 Å². The van der Waals surface area contributed by atoms with Gasteiger partial charge in [-0.1, -0.05) is 108 Å². The van der Waals surface area contributed by atoms with Gasteiger partial charge in [-0.05, 0) is 37.1 Å². The minimum absolute atomic E-state index is 0.131. The predicted molar refractivity (Wildman–Crippen MR) is 197 cm³/mol. The second kappa shape index (κ2) is 14.5. The number of benzene rings is 2. The Morgan fingerprint density at radius 2 is 0.762 bits per heavy atom. The monoisotopic (exact) mass is 642 g/mol. The molecule has 0 saturated heterocycles. The number of hydrogen-bond donors (Lipinski definition) is 0. The van der Waals surface area contributed by atoms with Crippen molar-refractivity contribution in [3.8, 4) is 0 Å². The number of thioether (sulfide) groups is 4. The Bertz CT molecular complexity index is 1070. The van der Waals surface area contributed by atoms with Gasteiger partial charge in [0.2, 0.25) is 0 Å². The second-order valence-electron chi connectivity index (χ2n) is 15.2. The molecule has 2 atom stereocenters. The van der Waals surface area contributed by atoms with Crippen molar-refractivity contribution in [3.63, 3.8) is 0 Å². The molecule has 1 aliphatic carbocycles. The lowest BCUT2D eigenvalue weighted by Crippen LogP contribution is -2.27. The first-order valence-electron chi connectivity index (χ1n) is 15.4. The zero-order valence-electron chi connectivity index (χ0n) is 28.1. The molecule has 0 unspecified atom stereocenters. The summed E-state index contributed by atoms with van der Waals surface area (Å²) in [5, 5.41) is 0. The van der Waals surface area contributed by atoms with E-state index in [1.54, 1.807) is 0 Å². The fourth-order valence-electron chi connectivity index (χ4n) is 4.76. The van der Waals surface area contributed by atoms with Gasteiger partial charge in [-0.2, -0.15) is 0 Å². The van der Waals surface area contributed by atoms with Crippen LogP contribution in [0.2, 0.25) is 0 Å². The number of rotatable bonds is 8. The number of hydrogen-bond acceptors (Lipinski definition) is 6. The van der Waals surface area contributed by atoms with Crippen LogP contribution in [0.5, 0.6) is 0 Å². The van der Waals surface area contributed by atoms with E-state index < -0.39 is 0 Å². The molecule has 0 aromatic heterocycles. The van der Waals surface area contributed by atoms with Crippen LogP contribution in [0.4, 0.5) is 0 Å². The van der Waals surface area contributed by atoms with Crippen LogP contribution in [-0.4, -0.2) is 43.5 Å². The maximum atomic E-state index is 5.32. The molecular formula is C36H54N2S4. The summed E-state index contributed by atoms with van der Waals surface area (Å²) in [5.74, 6) is 0. The summed E-state index contributed by atoms with van der Waals surface area (Å²) in [4.78, 5) is 15.9. The number of nitrogens with zero attached hydrogens (tertiary/aromatic N) is 2. The molecule has 1 aliphatic rings. The molecule has 2 aromatic rings. The van der Waals surface area contributed by atoms with E-state index >= 15 is 0 Å². The van der Waals surface area contributed by atoms with Gasteiger partial charge in [0.1, 0.15) is 0 Å². The highest BCUT2D eigenvalue weighted by Crippen LogP contribution is 2.42. The Labute approximate surface area is 275 Å². The summed E-state index contributed by atoms with van der Waals surface area (Å²) in [6, 6.07) is 13.9. The Balaban J connectivity index is 1.98. The molecule has 1 saturated carbocycles. The van der Waals surface area contributed by atoms with Gasteiger partial charge in [-0.3, -0.25) is 9.98 Å². The largest absolute Gasteiger partial charge is 0.287 e. The molecule has 0 N–H and O–H groups in total. The topological polar surface area (TPSA) is 24.7 Å². The summed E-state index contributed by atoms with van der Waals surface area (Å²) >= 11 is 7.74. The van der Waals surface area contributed by atoms with E-state index in [0.29, 0.717) is 0 Å². The molecule has 2 nitrogen and oxygen atoms in total. The maximum Gasteiger partial charge on any atom is 0.0723 e. The van der Waals surface area contributed by atoms with Gasteiger partial charge in [0.15, 0.2) is 0 Å². The Morgan fingerprint density at radius 3 is 1.00 bits per heavy atom. The fourth-order valence-corrected chi connectivity index (χ4v) is 9.20. The van der Waals surface area contributed by atoms with Crippen molar-refractivity contribution in [2.75, 3.05) is 0 Å². The Kier molecular flexibility index (Phi) is 12.3. The summed E-state index contributed by atoms with van der Waals surface area (Å²) in [6.07, 6.45) is 9.00. The SMILES string of the molecule is CC(C)(C)Sc1cccc(SC(C)(C)C)c1C=N[C@@H]1CCCC[C@H]1N=Cc1c(SC(C)(C)C)cccc1SC(C)(C)C. The predicted octanol–water partition coefficient (Wildman–Crippen LogP) is 12.1. The van der Waals surface area contributed by atoms with Crippen molar-refractivity contribution in [2.24, 2.45) is 9.98 Å². The van der Waals surface area contributed by atoms with Crippen molar-refractivity contribution >= 4 is 59.5 Å². The summed E-state index contributed by atoms with van der Waals surface area (Å²) in [7, 11) is 0. The van der Waals surface area contributed by atoms with Crippen LogP contribution in [0.15, 0.2) is 66.0 Å². The molecule has 0 radical (unpaired) electrons. The average Bonchev–Trinajstić information content (AvgIpc) is 2.80. The minimum Gasteiger partial charge on any atom is -0.287 e. The van der Waals surface area contributed by atoms with E-state index in [0.717, 1.165) is 12.8 Å². The zero-order chi connectivity index (χ0) is 31.3. The zero-order valence-corrected chi connectivity index (χ0v) is 31.4. The van der Waals surface area contributed by atoms with Gasteiger partial charge < -0.3 is 0 Å². The highest BCUT2D eigenvalue weighted by atomic mass is 32.2. The Hall–Kier alpha value is -0.820. The van der Waals surface area contributed by atoms with Gasteiger partial charge in [0.05, 0.1) is 12.1 Å². The summed E-state index contributed by atoms with van der Waals surface area (Å²) in [6.45, 7) is 27.5. The molecule has 3 rings (SSSR count). The first-order chi connectivity index (χ1) is 19.3. The van der Waals surface area contributed by atoms with E-state index in [-0.39, 0.29) is 31.1 Å². The van der Waals surface area contributed by atoms with Gasteiger partial charge in [0, 0.05) is 62.1 Å². The standard InChI is InChI=1S/C36H54N2S4/c1-33(2,3)39-29-19-15-20-30(40-34(4,5)6)25(29)23-37-27-17-13-14-18-28(27)38-24-26-31(41-35(7,8)9)21-16-22-32(26)42-36(10,11)12/h15-16,19-24,27-28H,13-14,17-18H2,1-12H3/t27-,28-/m1/s1. The highest BCUT2D eigenvalue weighted by Gasteiger charge is 2.26. The van der Waals surface area contributed by atoms with Crippen LogP contribution in [0.25, 0.3) is 0 Å². The fraction of sp³-hybridized carbons (Fsp3) is 0.611. The highest BCUT2D eigenvalue weighted by molar-refractivity contribution is 8.02. The lowest BCUT2D eigenvalue weighted by molar-refractivity contribution is 0.390. The smallest absolute Gasteiger partial charge is 0.0723 e. The van der Waals surface area contributed by atoms with Crippen LogP contribution < -0.4 is 0 Å². The third-order valence-corrected chi connectivity index (χ3v) is 11.0. The first kappa shape index (κ1) is 35.7. The molecule has 42 heavy (non-hydrogen) atoms. The van der Waals surface area contributed by atoms with Gasteiger partial charge >= 0.3 is 0 Å². The average molecular weight is 643 g/mol. The molecule has 0 heterocycles. The minimum atomic E-state index is 0.131. The van der Waals surface area contributed by atoms with Gasteiger partial charge in [-0.15, -0.1) is 47.0 Å². The van der Waals surface area contributed by atoms with Crippen molar-refractivity contribution in [3.05, 3.63) is 47.5 Å². The quantitative estimate of drug-likeness (QED) is 0.211. The summed E-state index contributed by atoms with van der Waals surface area (Å²) in [5.41, 5.74) is 2.53. The third kappa shape index (κ3) is 12.3. The normalized spacial score (nSPS) is 19.2. The van der Waals surface area contributed by atoms with E-state index in [4.69, 9.17) is 9.98 Å². The van der Waals surface area contributed by atoms with Crippen molar-refractivity contribution in [1.29, 1.82) is 0 Å². The van der Waals surface area contributed by atoms with Crippen LogP contribution in [-0.2, 0) is 0 Å². The van der Waals surface area contributed by atoms with Crippen molar-refractivity contribution < 1.29 is 0 Å². The maximum absolute atomic E-state index is 5.32. The number of aliphatic imine (C=N–C) groups is 2. The second-order valence-corrected chi connectivity index (χ2v) is 22.6. The Morgan fingerprint density at radius 1 is 0.500 bits per heavy atom. The van der Waals surface area contributed by atoms with Crippen molar-refractivity contribution in [1.82, 2.24) is 0 Å². The summed E-state index contributed by atoms with van der Waals surface area (Å²) < 4.78 is 0.526. The van der Waals surface area contributed by atoms with Crippen LogP contribution in [0.1, 0.15) is 120 Å². The molecule has 1 fully saturated rings. The van der Waals surface area contributed by atoms with Gasteiger partial charge in [0.25, 0.3) is 0 Å². The van der Waals surface area contributed by atoms with E-state index in [2.05, 4.69) is 132 Å². The lowest BCUT2D eigenvalue weighted by Gasteiger charge is -2.27. The van der Waals surface area contributed by atoms with E-state index in [1.807, 2.05) is 47.0 Å². The van der Waals surface area contributed by atoms with Gasteiger partial charge in [-0.25, -0.2) is 0 Å². The van der Waals surface area contributed by atoms with Crippen LogP contribution in [0, 0.1) is 0 Å². The van der Waals surface area contributed by atoms with Crippen molar-refractivity contribution in [2.45, 2.75) is 159 Å². The first-order valence-corrected chi connectivity index (χ1v) is 18.6. The molecule has 0 bridgehead atoms. The molecule has 0 aliphatic heterocycles.